The van der Waals surface area contributed by atoms with Gasteiger partial charge in [0.2, 0.25) is 0 Å². The monoisotopic (exact) mass is 223 g/mol. The molecule has 1 fully saturated rings. The largest absolute Gasteiger partial charge is 0.496 e. The first-order chi connectivity index (χ1) is 7.51. The third-order valence-corrected chi connectivity index (χ3v) is 3.68. The molecule has 0 saturated heterocycles. The van der Waals surface area contributed by atoms with Crippen molar-refractivity contribution >= 4 is 0 Å². The molecule has 1 aromatic rings. The minimum Gasteiger partial charge on any atom is -0.496 e. The second kappa shape index (κ2) is 3.74. The van der Waals surface area contributed by atoms with Gasteiger partial charge in [0, 0.05) is 11.5 Å². The van der Waals surface area contributed by atoms with Crippen LogP contribution in [0.15, 0.2) is 12.1 Å². The third kappa shape index (κ3) is 1.59. The van der Waals surface area contributed by atoms with Gasteiger partial charge in [-0.15, -0.1) is 0 Å². The maximum Gasteiger partial charge on any atom is 0.127 e. The molecular weight excluding hydrogens is 205 g/mol. The summed E-state index contributed by atoms with van der Waals surface area (Å²) in [7, 11) is 1.61. The molecule has 1 atom stereocenters. The fraction of sp³-hybridized carbons (Fsp3) is 0.538. The number of ether oxygens (including phenoxy) is 1. The maximum atomic E-state index is 14.0. The summed E-state index contributed by atoms with van der Waals surface area (Å²) in [5.74, 6) is 0.580. The lowest BCUT2D eigenvalue weighted by Crippen LogP contribution is -2.32. The molecule has 16 heavy (non-hydrogen) atoms. The van der Waals surface area contributed by atoms with Crippen LogP contribution in [0.2, 0.25) is 0 Å². The Bertz CT molecular complexity index is 411. The Kier molecular flexibility index (Phi) is 2.66. The summed E-state index contributed by atoms with van der Waals surface area (Å²) in [5, 5.41) is 0. The molecule has 1 aliphatic carbocycles. The van der Waals surface area contributed by atoms with Crippen LogP contribution in [0, 0.1) is 12.7 Å². The number of methoxy groups -OCH3 is 1. The Hall–Kier alpha value is -1.09. The first-order valence-corrected chi connectivity index (χ1v) is 5.61. The Labute approximate surface area is 95.6 Å². The minimum atomic E-state index is -0.162. The zero-order chi connectivity index (χ0) is 11.9. The molecule has 2 nitrogen and oxygen atoms in total. The van der Waals surface area contributed by atoms with Crippen molar-refractivity contribution in [2.75, 3.05) is 7.11 Å². The quantitative estimate of drug-likeness (QED) is 0.854. The van der Waals surface area contributed by atoms with Crippen LogP contribution in [0.3, 0.4) is 0 Å². The lowest BCUT2D eigenvalue weighted by molar-refractivity contribution is 0.406. The van der Waals surface area contributed by atoms with E-state index < -0.39 is 0 Å². The number of aryl methyl sites for hydroxylation is 1. The van der Waals surface area contributed by atoms with Crippen LogP contribution in [-0.2, 0) is 5.41 Å². The second-order valence-electron chi connectivity index (χ2n) is 4.75. The fourth-order valence-corrected chi connectivity index (χ4v) is 2.36. The predicted molar refractivity (Wildman–Crippen MR) is 62.3 cm³/mol. The normalized spacial score (nSPS) is 19.3. The molecule has 0 amide bonds. The molecular formula is C13H18FNO. The van der Waals surface area contributed by atoms with Gasteiger partial charge in [-0.2, -0.15) is 0 Å². The van der Waals surface area contributed by atoms with Crippen molar-refractivity contribution in [3.63, 3.8) is 0 Å². The van der Waals surface area contributed by atoms with Gasteiger partial charge < -0.3 is 10.5 Å². The van der Waals surface area contributed by atoms with Crippen molar-refractivity contribution in [2.24, 2.45) is 5.73 Å². The second-order valence-corrected chi connectivity index (χ2v) is 4.75. The Morgan fingerprint density at radius 2 is 2.06 bits per heavy atom. The van der Waals surface area contributed by atoms with Crippen molar-refractivity contribution in [1.82, 2.24) is 0 Å². The van der Waals surface area contributed by atoms with Crippen LogP contribution < -0.4 is 10.5 Å². The van der Waals surface area contributed by atoms with Gasteiger partial charge in [-0.05, 0) is 49.9 Å². The number of hydrogen-bond donors (Lipinski definition) is 1. The first kappa shape index (κ1) is 11.4. The zero-order valence-electron chi connectivity index (χ0n) is 10.0. The molecule has 0 radical (unpaired) electrons. The number of hydrogen-bond acceptors (Lipinski definition) is 2. The van der Waals surface area contributed by atoms with E-state index in [1.54, 1.807) is 13.2 Å². The van der Waals surface area contributed by atoms with Crippen LogP contribution in [0.4, 0.5) is 4.39 Å². The van der Waals surface area contributed by atoms with Crippen molar-refractivity contribution < 1.29 is 9.13 Å². The third-order valence-electron chi connectivity index (χ3n) is 3.68. The van der Waals surface area contributed by atoms with E-state index in [1.165, 1.54) is 6.07 Å². The van der Waals surface area contributed by atoms with E-state index in [0.717, 1.165) is 24.2 Å². The highest BCUT2D eigenvalue weighted by atomic mass is 19.1. The smallest absolute Gasteiger partial charge is 0.127 e. The summed E-state index contributed by atoms with van der Waals surface area (Å²) in [6.45, 7) is 3.79. The molecule has 0 aliphatic heterocycles. The molecule has 2 N–H and O–H groups in total. The van der Waals surface area contributed by atoms with Gasteiger partial charge in [-0.25, -0.2) is 4.39 Å². The van der Waals surface area contributed by atoms with E-state index in [-0.39, 0.29) is 17.3 Å². The summed E-state index contributed by atoms with van der Waals surface area (Å²) in [6, 6.07) is 3.33. The SMILES string of the molecule is COc1cc(C2(C(C)N)CC2)c(F)cc1C. The van der Waals surface area contributed by atoms with Gasteiger partial charge in [0.1, 0.15) is 11.6 Å². The highest BCUT2D eigenvalue weighted by molar-refractivity contribution is 5.44. The highest BCUT2D eigenvalue weighted by Gasteiger charge is 2.49. The van der Waals surface area contributed by atoms with Crippen LogP contribution in [-0.4, -0.2) is 13.2 Å². The molecule has 0 heterocycles. The van der Waals surface area contributed by atoms with Crippen molar-refractivity contribution in [1.29, 1.82) is 0 Å². The molecule has 0 spiro atoms. The van der Waals surface area contributed by atoms with Crippen LogP contribution in [0.25, 0.3) is 0 Å². The average molecular weight is 223 g/mol. The van der Waals surface area contributed by atoms with Crippen molar-refractivity contribution in [3.8, 4) is 5.75 Å². The molecule has 1 unspecified atom stereocenters. The molecule has 88 valence electrons. The van der Waals surface area contributed by atoms with Gasteiger partial charge >= 0.3 is 0 Å². The number of halogens is 1. The summed E-state index contributed by atoms with van der Waals surface area (Å²) < 4.78 is 19.2. The van der Waals surface area contributed by atoms with E-state index in [0.29, 0.717) is 5.56 Å². The summed E-state index contributed by atoms with van der Waals surface area (Å²) in [5.41, 5.74) is 7.33. The van der Waals surface area contributed by atoms with Crippen LogP contribution >= 0.6 is 0 Å². The number of nitrogens with two attached hydrogens (primary N) is 1. The lowest BCUT2D eigenvalue weighted by Gasteiger charge is -2.22. The minimum absolute atomic E-state index is 0.0191. The number of rotatable bonds is 3. The molecule has 1 aliphatic rings. The predicted octanol–water partition coefficient (Wildman–Crippen LogP) is 2.52. The lowest BCUT2D eigenvalue weighted by atomic mass is 9.88. The molecule has 3 heteroatoms. The molecule has 1 aromatic carbocycles. The molecule has 1 saturated carbocycles. The van der Waals surface area contributed by atoms with Crippen LogP contribution in [0.5, 0.6) is 5.75 Å². The molecule has 0 aromatic heterocycles. The summed E-state index contributed by atoms with van der Waals surface area (Å²) in [6.07, 6.45) is 1.93. The molecule has 0 bridgehead atoms. The Balaban J connectivity index is 2.49. The molecule has 2 rings (SSSR count). The van der Waals surface area contributed by atoms with E-state index >= 15 is 0 Å². The Morgan fingerprint density at radius 1 is 1.44 bits per heavy atom. The van der Waals surface area contributed by atoms with E-state index in [2.05, 4.69) is 0 Å². The summed E-state index contributed by atoms with van der Waals surface area (Å²) >= 11 is 0. The van der Waals surface area contributed by atoms with Gasteiger partial charge in [0.25, 0.3) is 0 Å². The topological polar surface area (TPSA) is 35.2 Å². The van der Waals surface area contributed by atoms with Gasteiger partial charge in [-0.1, -0.05) is 0 Å². The van der Waals surface area contributed by atoms with Gasteiger partial charge in [0.15, 0.2) is 0 Å². The first-order valence-electron chi connectivity index (χ1n) is 5.61. The van der Waals surface area contributed by atoms with Gasteiger partial charge in [-0.3, -0.25) is 0 Å². The van der Waals surface area contributed by atoms with E-state index in [1.807, 2.05) is 13.8 Å². The standard InChI is InChI=1S/C13H18FNO/c1-8-6-11(14)10(7-12(8)16-3)13(4-5-13)9(2)15/h6-7,9H,4-5,15H2,1-3H3. The Morgan fingerprint density at radius 3 is 2.50 bits per heavy atom. The zero-order valence-corrected chi connectivity index (χ0v) is 10.0. The highest BCUT2D eigenvalue weighted by Crippen LogP contribution is 2.52. The van der Waals surface area contributed by atoms with Crippen molar-refractivity contribution in [3.05, 3.63) is 29.1 Å². The fourth-order valence-electron chi connectivity index (χ4n) is 2.36. The number of benzene rings is 1. The van der Waals surface area contributed by atoms with E-state index in [4.69, 9.17) is 10.5 Å². The van der Waals surface area contributed by atoms with E-state index in [9.17, 15) is 4.39 Å². The maximum absolute atomic E-state index is 14.0. The van der Waals surface area contributed by atoms with Crippen molar-refractivity contribution in [2.45, 2.75) is 38.1 Å². The van der Waals surface area contributed by atoms with Gasteiger partial charge in [0.05, 0.1) is 7.11 Å². The summed E-state index contributed by atoms with van der Waals surface area (Å²) in [4.78, 5) is 0. The van der Waals surface area contributed by atoms with Crippen LogP contribution in [0.1, 0.15) is 30.9 Å². The average Bonchev–Trinajstić information content (AvgIpc) is 2.99.